The van der Waals surface area contributed by atoms with Crippen LogP contribution >= 0.6 is 11.8 Å². The molecule has 1 amide bonds. The molecule has 0 aliphatic rings. The zero-order valence-corrected chi connectivity index (χ0v) is 11.1. The van der Waals surface area contributed by atoms with Gasteiger partial charge in [-0.15, -0.1) is 0 Å². The molecule has 0 aliphatic heterocycles. The van der Waals surface area contributed by atoms with Gasteiger partial charge in [-0.05, 0) is 35.6 Å². The first-order chi connectivity index (χ1) is 8.11. The van der Waals surface area contributed by atoms with E-state index >= 15 is 0 Å². The van der Waals surface area contributed by atoms with E-state index in [1.807, 2.05) is 6.07 Å². The maximum atomic E-state index is 11.6. The Hall–Kier alpha value is -1.16. The molecule has 0 saturated heterocycles. The van der Waals surface area contributed by atoms with Crippen LogP contribution in [0.2, 0.25) is 0 Å². The fourth-order valence-electron chi connectivity index (χ4n) is 1.55. The summed E-state index contributed by atoms with van der Waals surface area (Å²) in [4.78, 5) is 11.6. The van der Waals surface area contributed by atoms with Crippen molar-refractivity contribution < 1.29 is 9.90 Å². The number of hydrogen-bond acceptors (Lipinski definition) is 3. The topological polar surface area (TPSA) is 49.3 Å². The molecule has 0 fully saturated rings. The monoisotopic (exact) mass is 253 g/mol. The summed E-state index contributed by atoms with van der Waals surface area (Å²) in [5.74, 6) is 1.74. The van der Waals surface area contributed by atoms with Gasteiger partial charge in [-0.3, -0.25) is 4.79 Å². The lowest BCUT2D eigenvalue weighted by molar-refractivity contribution is -0.120. The van der Waals surface area contributed by atoms with Crippen LogP contribution in [0.1, 0.15) is 12.5 Å². The van der Waals surface area contributed by atoms with Crippen LogP contribution in [0.3, 0.4) is 0 Å². The molecule has 0 saturated carbocycles. The van der Waals surface area contributed by atoms with Gasteiger partial charge in [0.1, 0.15) is 5.75 Å². The molecule has 3 nitrogen and oxygen atoms in total. The van der Waals surface area contributed by atoms with E-state index < -0.39 is 0 Å². The Bertz CT molecular complexity index is 368. The number of amides is 1. The van der Waals surface area contributed by atoms with Crippen molar-refractivity contribution in [3.8, 4) is 5.75 Å². The summed E-state index contributed by atoms with van der Waals surface area (Å²) in [6.07, 6.45) is 2.38. The van der Waals surface area contributed by atoms with E-state index in [4.69, 9.17) is 0 Å². The Kier molecular flexibility index (Phi) is 5.91. The van der Waals surface area contributed by atoms with Crippen LogP contribution in [-0.2, 0) is 11.2 Å². The highest BCUT2D eigenvalue weighted by atomic mass is 32.2. The largest absolute Gasteiger partial charge is 0.508 e. The van der Waals surface area contributed by atoms with E-state index in [1.165, 1.54) is 0 Å². The van der Waals surface area contributed by atoms with Crippen LogP contribution in [0, 0.1) is 5.92 Å². The van der Waals surface area contributed by atoms with Gasteiger partial charge < -0.3 is 10.4 Å². The van der Waals surface area contributed by atoms with Crippen LogP contribution in [0.15, 0.2) is 24.3 Å². The van der Waals surface area contributed by atoms with Crippen molar-refractivity contribution in [2.75, 3.05) is 18.6 Å². The Labute approximate surface area is 107 Å². The van der Waals surface area contributed by atoms with E-state index in [0.29, 0.717) is 18.9 Å². The number of aromatic hydroxyl groups is 1. The van der Waals surface area contributed by atoms with Crippen molar-refractivity contribution in [3.05, 3.63) is 29.8 Å². The minimum Gasteiger partial charge on any atom is -0.508 e. The zero-order chi connectivity index (χ0) is 12.7. The fraction of sp³-hybridized carbons (Fsp3) is 0.462. The highest BCUT2D eigenvalue weighted by molar-refractivity contribution is 7.98. The summed E-state index contributed by atoms with van der Waals surface area (Å²) in [7, 11) is 0. The van der Waals surface area contributed by atoms with Gasteiger partial charge in [0.25, 0.3) is 0 Å². The van der Waals surface area contributed by atoms with Crippen LogP contribution in [0.5, 0.6) is 5.75 Å². The predicted octanol–water partition coefficient (Wildman–Crippen LogP) is 2.05. The molecule has 1 unspecified atom stereocenters. The molecule has 4 heteroatoms. The molecular formula is C13H19NO2S. The number of carbonyl (C=O) groups excluding carboxylic acids is 1. The van der Waals surface area contributed by atoms with Gasteiger partial charge in [0.2, 0.25) is 5.91 Å². The summed E-state index contributed by atoms with van der Waals surface area (Å²) in [5, 5.41) is 12.2. The Morgan fingerprint density at radius 2 is 2.29 bits per heavy atom. The second-order valence-electron chi connectivity index (χ2n) is 4.21. The summed E-state index contributed by atoms with van der Waals surface area (Å²) in [5.41, 5.74) is 0.833. The molecule has 0 spiro atoms. The normalized spacial score (nSPS) is 12.1. The Morgan fingerprint density at radius 1 is 1.53 bits per heavy atom. The first-order valence-corrected chi connectivity index (χ1v) is 7.04. The van der Waals surface area contributed by atoms with E-state index in [2.05, 4.69) is 18.5 Å². The number of benzene rings is 1. The predicted molar refractivity (Wildman–Crippen MR) is 72.4 cm³/mol. The summed E-state index contributed by atoms with van der Waals surface area (Å²) < 4.78 is 0. The third-order valence-electron chi connectivity index (χ3n) is 2.37. The average Bonchev–Trinajstić information content (AvgIpc) is 2.27. The number of carbonyl (C=O) groups is 1. The van der Waals surface area contributed by atoms with Crippen LogP contribution in [0.25, 0.3) is 0 Å². The first kappa shape index (κ1) is 13.9. The van der Waals surface area contributed by atoms with E-state index in [0.717, 1.165) is 11.3 Å². The molecule has 0 heterocycles. The lowest BCUT2D eigenvalue weighted by Gasteiger charge is -2.11. The molecular weight excluding hydrogens is 234 g/mol. The van der Waals surface area contributed by atoms with E-state index in [1.54, 1.807) is 30.0 Å². The molecule has 0 radical (unpaired) electrons. The lowest BCUT2D eigenvalue weighted by Crippen LogP contribution is -2.30. The van der Waals surface area contributed by atoms with Crippen LogP contribution in [-0.4, -0.2) is 29.6 Å². The van der Waals surface area contributed by atoms with Gasteiger partial charge in [0, 0.05) is 6.54 Å². The van der Waals surface area contributed by atoms with Gasteiger partial charge in [0.05, 0.1) is 6.42 Å². The van der Waals surface area contributed by atoms with Crippen molar-refractivity contribution in [1.82, 2.24) is 5.32 Å². The number of hydrogen-bond donors (Lipinski definition) is 2. The van der Waals surface area contributed by atoms with Crippen LogP contribution in [0.4, 0.5) is 0 Å². The molecule has 0 bridgehead atoms. The third kappa shape index (κ3) is 5.63. The maximum absolute atomic E-state index is 11.6. The van der Waals surface area contributed by atoms with Gasteiger partial charge in [-0.2, -0.15) is 11.8 Å². The molecule has 0 aliphatic carbocycles. The minimum atomic E-state index is 0.00329. The summed E-state index contributed by atoms with van der Waals surface area (Å²) in [6, 6.07) is 6.80. The third-order valence-corrected chi connectivity index (χ3v) is 3.28. The molecule has 1 aromatic rings. The number of thioether (sulfide) groups is 1. The Balaban J connectivity index is 2.34. The fourth-order valence-corrected chi connectivity index (χ4v) is 2.23. The maximum Gasteiger partial charge on any atom is 0.224 e. The van der Waals surface area contributed by atoms with Crippen molar-refractivity contribution >= 4 is 17.7 Å². The smallest absolute Gasteiger partial charge is 0.224 e. The molecule has 17 heavy (non-hydrogen) atoms. The van der Waals surface area contributed by atoms with Gasteiger partial charge in [-0.1, -0.05) is 19.1 Å². The minimum absolute atomic E-state index is 0.00329. The molecule has 0 aromatic heterocycles. The van der Waals surface area contributed by atoms with Crippen molar-refractivity contribution in [2.45, 2.75) is 13.3 Å². The van der Waals surface area contributed by atoms with Crippen molar-refractivity contribution in [1.29, 1.82) is 0 Å². The van der Waals surface area contributed by atoms with Crippen molar-refractivity contribution in [2.24, 2.45) is 5.92 Å². The van der Waals surface area contributed by atoms with E-state index in [9.17, 15) is 9.90 Å². The summed E-state index contributed by atoms with van der Waals surface area (Å²) >= 11 is 1.78. The van der Waals surface area contributed by atoms with Crippen molar-refractivity contribution in [3.63, 3.8) is 0 Å². The second kappa shape index (κ2) is 7.22. The van der Waals surface area contributed by atoms with Gasteiger partial charge in [0.15, 0.2) is 0 Å². The van der Waals surface area contributed by atoms with Gasteiger partial charge in [-0.25, -0.2) is 0 Å². The van der Waals surface area contributed by atoms with E-state index in [-0.39, 0.29) is 11.7 Å². The summed E-state index contributed by atoms with van der Waals surface area (Å²) in [6.45, 7) is 2.82. The van der Waals surface area contributed by atoms with Crippen LogP contribution < -0.4 is 5.32 Å². The second-order valence-corrected chi connectivity index (χ2v) is 5.12. The molecule has 1 aromatic carbocycles. The molecule has 94 valence electrons. The zero-order valence-electron chi connectivity index (χ0n) is 10.3. The van der Waals surface area contributed by atoms with Gasteiger partial charge >= 0.3 is 0 Å². The highest BCUT2D eigenvalue weighted by Gasteiger charge is 2.06. The number of rotatable bonds is 6. The molecule has 2 N–H and O–H groups in total. The highest BCUT2D eigenvalue weighted by Crippen LogP contribution is 2.11. The quantitative estimate of drug-likeness (QED) is 0.816. The number of phenolic OH excluding ortho intramolecular Hbond substituents is 1. The first-order valence-electron chi connectivity index (χ1n) is 5.65. The standard InChI is InChI=1S/C13H19NO2S/c1-10(9-17-2)8-14-13(16)7-11-4-3-5-12(15)6-11/h3-6,10,15H,7-9H2,1-2H3,(H,14,16). The lowest BCUT2D eigenvalue weighted by atomic mass is 10.1. The number of nitrogens with one attached hydrogen (secondary N) is 1. The number of phenols is 1. The Morgan fingerprint density at radius 3 is 2.94 bits per heavy atom. The average molecular weight is 253 g/mol. The molecule has 1 atom stereocenters. The molecule has 1 rings (SSSR count). The SMILES string of the molecule is CSCC(C)CNC(=O)Cc1cccc(O)c1.